The first-order valence-electron chi connectivity index (χ1n) is 9.36. The van der Waals surface area contributed by atoms with Gasteiger partial charge in [-0.15, -0.1) is 0 Å². The van der Waals surface area contributed by atoms with Gasteiger partial charge < -0.3 is 15.3 Å². The average Bonchev–Trinajstić information content (AvgIpc) is 3.26. The quantitative estimate of drug-likeness (QED) is 0.891. The van der Waals surface area contributed by atoms with Crippen LogP contribution >= 0.6 is 0 Å². The lowest BCUT2D eigenvalue weighted by molar-refractivity contribution is -0.121. The van der Waals surface area contributed by atoms with Gasteiger partial charge in [-0.25, -0.2) is 4.98 Å². The van der Waals surface area contributed by atoms with Crippen molar-refractivity contribution in [1.82, 2.24) is 4.98 Å². The minimum Gasteiger partial charge on any atom is -0.396 e. The molecule has 0 radical (unpaired) electrons. The Bertz CT molecular complexity index is 598. The molecule has 0 spiro atoms. The predicted molar refractivity (Wildman–Crippen MR) is 93.8 cm³/mol. The predicted octanol–water partition coefficient (Wildman–Crippen LogP) is 2.67. The van der Waals surface area contributed by atoms with Crippen molar-refractivity contribution in [3.63, 3.8) is 0 Å². The van der Waals surface area contributed by atoms with Crippen molar-refractivity contribution in [2.45, 2.75) is 38.5 Å². The number of anilines is 2. The van der Waals surface area contributed by atoms with Crippen LogP contribution in [0.4, 0.5) is 11.5 Å². The highest BCUT2D eigenvalue weighted by Crippen LogP contribution is 2.48. The van der Waals surface area contributed by atoms with E-state index in [1.165, 1.54) is 19.3 Å². The number of hydrogen-bond donors (Lipinski definition) is 2. The van der Waals surface area contributed by atoms with Crippen LogP contribution in [0.1, 0.15) is 38.5 Å². The van der Waals surface area contributed by atoms with E-state index in [1.54, 1.807) is 6.20 Å². The highest BCUT2D eigenvalue weighted by molar-refractivity contribution is 5.95. The van der Waals surface area contributed by atoms with Gasteiger partial charge in [0.25, 0.3) is 0 Å². The molecule has 5 nitrogen and oxygen atoms in total. The van der Waals surface area contributed by atoms with Crippen molar-refractivity contribution >= 4 is 17.4 Å². The Morgan fingerprint density at radius 3 is 2.75 bits per heavy atom. The number of fused-ring (bicyclic) bond motifs is 2. The van der Waals surface area contributed by atoms with Crippen molar-refractivity contribution < 1.29 is 9.90 Å². The Hall–Kier alpha value is -1.62. The molecule has 1 aromatic rings. The van der Waals surface area contributed by atoms with Gasteiger partial charge >= 0.3 is 0 Å². The van der Waals surface area contributed by atoms with E-state index in [2.05, 4.69) is 15.2 Å². The molecule has 1 amide bonds. The van der Waals surface area contributed by atoms with Gasteiger partial charge in [-0.3, -0.25) is 4.79 Å². The minimum absolute atomic E-state index is 0.182. The Kier molecular flexibility index (Phi) is 4.44. The SMILES string of the molecule is O=C(Nc1cccnc1N1CCC(CO)CC1)C1CC2CCC1C2. The molecule has 3 aliphatic rings. The third kappa shape index (κ3) is 3.02. The van der Waals surface area contributed by atoms with Crippen LogP contribution in [0.5, 0.6) is 0 Å². The summed E-state index contributed by atoms with van der Waals surface area (Å²) in [6.07, 6.45) is 8.59. The molecule has 130 valence electrons. The first-order chi connectivity index (χ1) is 11.7. The van der Waals surface area contributed by atoms with Crippen LogP contribution in [-0.4, -0.2) is 35.7 Å². The number of nitrogens with one attached hydrogen (secondary N) is 1. The van der Waals surface area contributed by atoms with E-state index in [9.17, 15) is 9.90 Å². The van der Waals surface area contributed by atoms with Crippen molar-refractivity contribution in [2.75, 3.05) is 29.9 Å². The van der Waals surface area contributed by atoms with Crippen LogP contribution in [-0.2, 0) is 4.79 Å². The summed E-state index contributed by atoms with van der Waals surface area (Å²) in [6, 6.07) is 3.85. The third-order valence-corrected chi connectivity index (χ3v) is 6.29. The molecule has 4 rings (SSSR count). The summed E-state index contributed by atoms with van der Waals surface area (Å²) in [5.74, 6) is 3.02. The van der Waals surface area contributed by atoms with Gasteiger partial charge in [0.15, 0.2) is 5.82 Å². The van der Waals surface area contributed by atoms with Crippen molar-refractivity contribution in [3.05, 3.63) is 18.3 Å². The highest BCUT2D eigenvalue weighted by atomic mass is 16.3. The van der Waals surface area contributed by atoms with E-state index >= 15 is 0 Å². The summed E-state index contributed by atoms with van der Waals surface area (Å²) in [5.41, 5.74) is 0.840. The Labute approximate surface area is 143 Å². The summed E-state index contributed by atoms with van der Waals surface area (Å²) in [5, 5.41) is 12.5. The molecular weight excluding hydrogens is 302 g/mol. The lowest BCUT2D eigenvalue weighted by atomic mass is 9.88. The second-order valence-electron chi connectivity index (χ2n) is 7.76. The largest absolute Gasteiger partial charge is 0.396 e. The summed E-state index contributed by atoms with van der Waals surface area (Å²) in [6.45, 7) is 2.04. The number of hydrogen-bond acceptors (Lipinski definition) is 4. The van der Waals surface area contributed by atoms with Crippen LogP contribution in [0.15, 0.2) is 18.3 Å². The molecule has 1 aromatic heterocycles. The molecule has 2 heterocycles. The van der Waals surface area contributed by atoms with E-state index in [-0.39, 0.29) is 18.4 Å². The lowest BCUT2D eigenvalue weighted by Crippen LogP contribution is -2.36. The Morgan fingerprint density at radius 2 is 2.08 bits per heavy atom. The fourth-order valence-electron chi connectivity index (χ4n) is 4.87. The number of carbonyl (C=O) groups excluding carboxylic acids is 1. The van der Waals surface area contributed by atoms with Crippen molar-refractivity contribution in [3.8, 4) is 0 Å². The zero-order chi connectivity index (χ0) is 16.5. The molecular formula is C19H27N3O2. The van der Waals surface area contributed by atoms with Crippen LogP contribution in [0.2, 0.25) is 0 Å². The molecule has 2 saturated carbocycles. The first kappa shape index (κ1) is 15.9. The maximum absolute atomic E-state index is 12.7. The molecule has 24 heavy (non-hydrogen) atoms. The number of nitrogens with zero attached hydrogens (tertiary/aromatic N) is 2. The summed E-state index contributed by atoms with van der Waals surface area (Å²) in [7, 11) is 0. The van der Waals surface area contributed by atoms with E-state index in [0.717, 1.165) is 49.8 Å². The van der Waals surface area contributed by atoms with E-state index < -0.39 is 0 Å². The molecule has 2 aliphatic carbocycles. The van der Waals surface area contributed by atoms with Crippen LogP contribution < -0.4 is 10.2 Å². The van der Waals surface area contributed by atoms with Gasteiger partial charge in [0.2, 0.25) is 5.91 Å². The Balaban J connectivity index is 1.45. The molecule has 2 bridgehead atoms. The molecule has 0 aromatic carbocycles. The number of carbonyl (C=O) groups is 1. The zero-order valence-corrected chi connectivity index (χ0v) is 14.2. The number of aliphatic hydroxyl groups is 1. The highest BCUT2D eigenvalue weighted by Gasteiger charge is 2.43. The van der Waals surface area contributed by atoms with Crippen LogP contribution in [0.3, 0.4) is 0 Å². The van der Waals surface area contributed by atoms with Gasteiger partial charge in [0, 0.05) is 31.8 Å². The number of rotatable bonds is 4. The molecule has 1 saturated heterocycles. The maximum Gasteiger partial charge on any atom is 0.227 e. The average molecular weight is 329 g/mol. The molecule has 3 atom stereocenters. The molecule has 5 heteroatoms. The zero-order valence-electron chi connectivity index (χ0n) is 14.2. The van der Waals surface area contributed by atoms with Gasteiger partial charge in [-0.1, -0.05) is 6.42 Å². The second kappa shape index (κ2) is 6.71. The van der Waals surface area contributed by atoms with Gasteiger partial charge in [0.05, 0.1) is 5.69 Å². The van der Waals surface area contributed by atoms with Gasteiger partial charge in [0.1, 0.15) is 0 Å². The summed E-state index contributed by atoms with van der Waals surface area (Å²) in [4.78, 5) is 19.5. The van der Waals surface area contributed by atoms with Crippen LogP contribution in [0, 0.1) is 23.7 Å². The van der Waals surface area contributed by atoms with Crippen molar-refractivity contribution in [1.29, 1.82) is 0 Å². The topological polar surface area (TPSA) is 65.5 Å². The molecule has 1 aliphatic heterocycles. The smallest absolute Gasteiger partial charge is 0.227 e. The molecule has 3 fully saturated rings. The standard InChI is InChI=1S/C19H27N3O2/c23-12-13-5-8-22(9-6-13)18-17(2-1-7-20-18)21-19(24)16-11-14-3-4-15(16)10-14/h1-2,7,13-16,23H,3-6,8-12H2,(H,21,24). The minimum atomic E-state index is 0.182. The fraction of sp³-hybridized carbons (Fsp3) is 0.684. The van der Waals surface area contributed by atoms with Gasteiger partial charge in [-0.2, -0.15) is 0 Å². The van der Waals surface area contributed by atoms with E-state index in [4.69, 9.17) is 0 Å². The van der Waals surface area contributed by atoms with E-state index in [1.807, 2.05) is 12.1 Å². The first-order valence-corrected chi connectivity index (χ1v) is 9.36. The number of amides is 1. The second-order valence-corrected chi connectivity index (χ2v) is 7.76. The lowest BCUT2D eigenvalue weighted by Gasteiger charge is -2.33. The number of piperidine rings is 1. The summed E-state index contributed by atoms with van der Waals surface area (Å²) >= 11 is 0. The number of aromatic nitrogens is 1. The summed E-state index contributed by atoms with van der Waals surface area (Å²) < 4.78 is 0. The van der Waals surface area contributed by atoms with E-state index in [0.29, 0.717) is 11.8 Å². The van der Waals surface area contributed by atoms with Crippen molar-refractivity contribution in [2.24, 2.45) is 23.7 Å². The molecule has 2 N–H and O–H groups in total. The monoisotopic (exact) mass is 329 g/mol. The Morgan fingerprint density at radius 1 is 1.25 bits per heavy atom. The fourth-order valence-corrected chi connectivity index (χ4v) is 4.87. The number of aliphatic hydroxyl groups excluding tert-OH is 1. The normalized spacial score (nSPS) is 29.9. The maximum atomic E-state index is 12.7. The molecule has 3 unspecified atom stereocenters. The third-order valence-electron chi connectivity index (χ3n) is 6.29. The number of pyridine rings is 1. The van der Waals surface area contributed by atoms with Crippen LogP contribution in [0.25, 0.3) is 0 Å². The van der Waals surface area contributed by atoms with Gasteiger partial charge in [-0.05, 0) is 62.0 Å².